The Kier molecular flexibility index (Phi) is 6.74. The number of urea groups is 1. The van der Waals surface area contributed by atoms with Crippen LogP contribution in [0.3, 0.4) is 0 Å². The first-order valence-electron chi connectivity index (χ1n) is 10.1. The summed E-state index contributed by atoms with van der Waals surface area (Å²) >= 11 is 0. The number of pyridine rings is 1. The number of benzene rings is 1. The van der Waals surface area contributed by atoms with E-state index in [9.17, 15) is 14.4 Å². The van der Waals surface area contributed by atoms with E-state index in [1.54, 1.807) is 30.6 Å². The predicted octanol–water partition coefficient (Wildman–Crippen LogP) is 2.72. The fraction of sp³-hybridized carbons (Fsp3) is 0.364. The van der Waals surface area contributed by atoms with Crippen LogP contribution in [0, 0.1) is 0 Å². The van der Waals surface area contributed by atoms with E-state index in [-0.39, 0.29) is 12.5 Å². The zero-order chi connectivity index (χ0) is 22.4. The zero-order valence-corrected chi connectivity index (χ0v) is 17.8. The van der Waals surface area contributed by atoms with Crippen molar-refractivity contribution in [3.05, 3.63) is 48.3 Å². The topological polar surface area (TPSA) is 110 Å². The standard InChI is InChI=1S/C22H26N4O5/c1-4-22(5-2)20(28)26(21(29)25-22)13-19(27)24-16-6-7-17(30-3)18(12-16)31-14-15-8-10-23-11-9-15/h6-12H,4-5,13-14H2,1-3H3,(H,24,27)(H,25,29). The van der Waals surface area contributed by atoms with Crippen LogP contribution in [-0.4, -0.2) is 46.9 Å². The molecule has 2 N–H and O–H groups in total. The van der Waals surface area contributed by atoms with Gasteiger partial charge in [-0.05, 0) is 42.7 Å². The average Bonchev–Trinajstić information content (AvgIpc) is 3.03. The van der Waals surface area contributed by atoms with Gasteiger partial charge in [-0.1, -0.05) is 13.8 Å². The number of ether oxygens (including phenoxy) is 2. The first-order chi connectivity index (χ1) is 14.9. The second kappa shape index (κ2) is 9.46. The van der Waals surface area contributed by atoms with Crippen LogP contribution in [-0.2, 0) is 16.2 Å². The summed E-state index contributed by atoms with van der Waals surface area (Å²) in [4.78, 5) is 42.4. The van der Waals surface area contributed by atoms with Gasteiger partial charge in [0.25, 0.3) is 5.91 Å². The highest BCUT2D eigenvalue weighted by Gasteiger charge is 2.49. The largest absolute Gasteiger partial charge is 0.493 e. The second-order valence-electron chi connectivity index (χ2n) is 7.17. The fourth-order valence-corrected chi connectivity index (χ4v) is 3.40. The third-order valence-electron chi connectivity index (χ3n) is 5.35. The van der Waals surface area contributed by atoms with Crippen LogP contribution in [0.15, 0.2) is 42.7 Å². The van der Waals surface area contributed by atoms with Gasteiger partial charge in [0.2, 0.25) is 5.91 Å². The molecule has 0 spiro atoms. The van der Waals surface area contributed by atoms with Crippen molar-refractivity contribution in [2.24, 2.45) is 0 Å². The number of nitrogens with zero attached hydrogens (tertiary/aromatic N) is 2. The molecule has 1 aromatic heterocycles. The molecule has 0 saturated carbocycles. The van der Waals surface area contributed by atoms with Crippen molar-refractivity contribution in [3.63, 3.8) is 0 Å². The van der Waals surface area contributed by atoms with E-state index >= 15 is 0 Å². The number of carbonyl (C=O) groups is 3. The highest BCUT2D eigenvalue weighted by atomic mass is 16.5. The molecule has 9 nitrogen and oxygen atoms in total. The van der Waals surface area contributed by atoms with Gasteiger partial charge >= 0.3 is 6.03 Å². The van der Waals surface area contributed by atoms with Crippen LogP contribution in [0.25, 0.3) is 0 Å². The number of hydrogen-bond donors (Lipinski definition) is 2. The van der Waals surface area contributed by atoms with Gasteiger partial charge in [0.15, 0.2) is 11.5 Å². The Morgan fingerprint density at radius 1 is 1.13 bits per heavy atom. The number of amides is 4. The Labute approximate surface area is 180 Å². The van der Waals surface area contributed by atoms with Crippen molar-refractivity contribution >= 4 is 23.5 Å². The van der Waals surface area contributed by atoms with E-state index in [0.717, 1.165) is 10.5 Å². The molecule has 1 aromatic carbocycles. The van der Waals surface area contributed by atoms with Gasteiger partial charge in [0, 0.05) is 24.1 Å². The molecule has 0 aliphatic carbocycles. The van der Waals surface area contributed by atoms with E-state index in [1.165, 1.54) is 7.11 Å². The van der Waals surface area contributed by atoms with E-state index in [2.05, 4.69) is 15.6 Å². The molecule has 31 heavy (non-hydrogen) atoms. The van der Waals surface area contributed by atoms with Crippen molar-refractivity contribution in [2.75, 3.05) is 19.0 Å². The van der Waals surface area contributed by atoms with Gasteiger partial charge in [-0.25, -0.2) is 4.79 Å². The Morgan fingerprint density at radius 2 is 1.84 bits per heavy atom. The number of imide groups is 1. The molecule has 2 aromatic rings. The molecule has 4 amide bonds. The maximum atomic E-state index is 12.7. The molecule has 0 bridgehead atoms. The normalized spacial score (nSPS) is 14.9. The van der Waals surface area contributed by atoms with E-state index in [0.29, 0.717) is 36.6 Å². The molecule has 0 atom stereocenters. The minimum atomic E-state index is -0.939. The Hall–Kier alpha value is -3.62. The molecule has 164 valence electrons. The van der Waals surface area contributed by atoms with E-state index in [1.807, 2.05) is 26.0 Å². The van der Waals surface area contributed by atoms with Gasteiger partial charge in [-0.15, -0.1) is 0 Å². The molecule has 1 fully saturated rings. The van der Waals surface area contributed by atoms with Crippen LogP contribution in [0.4, 0.5) is 10.5 Å². The average molecular weight is 426 g/mol. The maximum Gasteiger partial charge on any atom is 0.325 e. The zero-order valence-electron chi connectivity index (χ0n) is 17.8. The lowest BCUT2D eigenvalue weighted by atomic mass is 9.93. The smallest absolute Gasteiger partial charge is 0.325 e. The van der Waals surface area contributed by atoms with Gasteiger partial charge in [-0.2, -0.15) is 0 Å². The summed E-state index contributed by atoms with van der Waals surface area (Å²) in [7, 11) is 1.53. The maximum absolute atomic E-state index is 12.7. The Bertz CT molecular complexity index is 960. The number of methoxy groups -OCH3 is 1. The van der Waals surface area contributed by atoms with Gasteiger partial charge in [-0.3, -0.25) is 19.5 Å². The van der Waals surface area contributed by atoms with Crippen LogP contribution in [0.1, 0.15) is 32.3 Å². The molecule has 9 heteroatoms. The quantitative estimate of drug-likeness (QED) is 0.597. The summed E-state index contributed by atoms with van der Waals surface area (Å²) in [5.74, 6) is 0.0884. The highest BCUT2D eigenvalue weighted by Crippen LogP contribution is 2.31. The SMILES string of the molecule is CCC1(CC)NC(=O)N(CC(=O)Nc2ccc(OC)c(OCc3ccncc3)c2)C1=O. The fourth-order valence-electron chi connectivity index (χ4n) is 3.40. The summed E-state index contributed by atoms with van der Waals surface area (Å²) in [5, 5.41) is 5.41. The number of rotatable bonds is 9. The van der Waals surface area contributed by atoms with Crippen molar-refractivity contribution in [3.8, 4) is 11.5 Å². The van der Waals surface area contributed by atoms with Crippen molar-refractivity contribution in [1.29, 1.82) is 0 Å². The Balaban J connectivity index is 1.67. The summed E-state index contributed by atoms with van der Waals surface area (Å²) in [6, 6.07) is 8.08. The molecule has 0 radical (unpaired) electrons. The van der Waals surface area contributed by atoms with Gasteiger partial charge in [0.05, 0.1) is 7.11 Å². The van der Waals surface area contributed by atoms with Crippen LogP contribution >= 0.6 is 0 Å². The van der Waals surface area contributed by atoms with Gasteiger partial charge in [0.1, 0.15) is 18.7 Å². The van der Waals surface area contributed by atoms with Crippen LogP contribution < -0.4 is 20.1 Å². The number of carbonyl (C=O) groups excluding carboxylic acids is 3. The number of nitrogens with one attached hydrogen (secondary N) is 2. The molecule has 1 saturated heterocycles. The lowest BCUT2D eigenvalue weighted by Crippen LogP contribution is -2.46. The third-order valence-corrected chi connectivity index (χ3v) is 5.35. The van der Waals surface area contributed by atoms with Crippen molar-refractivity contribution < 1.29 is 23.9 Å². The molecule has 1 aliphatic rings. The molecule has 3 rings (SSSR count). The second-order valence-corrected chi connectivity index (χ2v) is 7.17. The summed E-state index contributed by atoms with van der Waals surface area (Å²) in [6.45, 7) is 3.59. The summed E-state index contributed by atoms with van der Waals surface area (Å²) < 4.78 is 11.1. The first-order valence-corrected chi connectivity index (χ1v) is 10.1. The van der Waals surface area contributed by atoms with E-state index in [4.69, 9.17) is 9.47 Å². The van der Waals surface area contributed by atoms with Crippen molar-refractivity contribution in [1.82, 2.24) is 15.2 Å². The van der Waals surface area contributed by atoms with Crippen molar-refractivity contribution in [2.45, 2.75) is 38.8 Å². The van der Waals surface area contributed by atoms with Crippen LogP contribution in [0.2, 0.25) is 0 Å². The molecule has 2 heterocycles. The molecular formula is C22H26N4O5. The van der Waals surface area contributed by atoms with Gasteiger partial charge < -0.3 is 20.1 Å². The third kappa shape index (κ3) is 4.76. The van der Waals surface area contributed by atoms with Crippen LogP contribution in [0.5, 0.6) is 11.5 Å². The minimum absolute atomic E-state index is 0.300. The number of anilines is 1. The monoisotopic (exact) mass is 426 g/mol. The van der Waals surface area contributed by atoms with E-state index < -0.39 is 17.5 Å². The number of aromatic nitrogens is 1. The lowest BCUT2D eigenvalue weighted by Gasteiger charge is -2.23. The molecule has 1 aliphatic heterocycles. The predicted molar refractivity (Wildman–Crippen MR) is 114 cm³/mol. The molecular weight excluding hydrogens is 400 g/mol. The Morgan fingerprint density at radius 3 is 2.45 bits per heavy atom. The summed E-state index contributed by atoms with van der Waals surface area (Å²) in [6.07, 6.45) is 4.27. The lowest BCUT2D eigenvalue weighted by molar-refractivity contribution is -0.134. The minimum Gasteiger partial charge on any atom is -0.493 e. The highest BCUT2D eigenvalue weighted by molar-refractivity contribution is 6.10. The molecule has 0 unspecified atom stereocenters. The number of hydrogen-bond acceptors (Lipinski definition) is 6. The first kappa shape index (κ1) is 22.1. The summed E-state index contributed by atoms with van der Waals surface area (Å²) in [5.41, 5.74) is 0.450.